The highest BCUT2D eigenvalue weighted by Gasteiger charge is 2.49. The lowest BCUT2D eigenvalue weighted by molar-refractivity contribution is -0.206. The maximum atomic E-state index is 14.4. The van der Waals surface area contributed by atoms with Crippen LogP contribution < -0.4 is 10.6 Å². The van der Waals surface area contributed by atoms with Gasteiger partial charge in [-0.15, -0.1) is 0 Å². The predicted octanol–water partition coefficient (Wildman–Crippen LogP) is 3.75. The Morgan fingerprint density at radius 3 is 2.70 bits per heavy atom. The second-order valence-electron chi connectivity index (χ2n) is 7.12. The first kappa shape index (κ1) is 18.8. The fourth-order valence-electron chi connectivity index (χ4n) is 3.98. The number of nitrogens with zero attached hydrogens (tertiary/aromatic N) is 3. The van der Waals surface area contributed by atoms with E-state index in [1.54, 1.807) is 24.3 Å². The van der Waals surface area contributed by atoms with Crippen molar-refractivity contribution in [2.24, 2.45) is 0 Å². The molecule has 11 heteroatoms. The van der Waals surface area contributed by atoms with Crippen LogP contribution in [0.5, 0.6) is 0 Å². The molecule has 0 aliphatic carbocycles. The van der Waals surface area contributed by atoms with Crippen LogP contribution in [-0.4, -0.2) is 46.3 Å². The number of carbonyl (C=O) groups is 1. The Hall–Kier alpha value is -3.21. The van der Waals surface area contributed by atoms with Crippen molar-refractivity contribution in [1.82, 2.24) is 20.1 Å². The van der Waals surface area contributed by atoms with Crippen LogP contribution in [0.1, 0.15) is 17.7 Å². The van der Waals surface area contributed by atoms with Gasteiger partial charge in [-0.2, -0.15) is 18.3 Å². The minimum absolute atomic E-state index is 0.110. The van der Waals surface area contributed by atoms with Gasteiger partial charge in [-0.1, -0.05) is 18.2 Å². The molecular weight excluding hydrogens is 406 g/mol. The summed E-state index contributed by atoms with van der Waals surface area (Å²) in [6.07, 6.45) is -8.46. The molecule has 0 radical (unpaired) electrons. The average Bonchev–Trinajstić information content (AvgIpc) is 3.29. The number of ether oxygens (including phenoxy) is 1. The number of fused-ring (bicyclic) bond motifs is 2. The molecule has 2 aromatic heterocycles. The zero-order valence-electron chi connectivity index (χ0n) is 15.3. The molecule has 1 saturated heterocycles. The maximum Gasteiger partial charge on any atom is 0.430 e. The number of halogens is 4. The molecule has 0 saturated carbocycles. The molecule has 1 aromatic carbocycles. The van der Waals surface area contributed by atoms with Crippen molar-refractivity contribution in [3.8, 4) is 11.3 Å². The summed E-state index contributed by atoms with van der Waals surface area (Å²) in [5.74, 6) is -0.240. The summed E-state index contributed by atoms with van der Waals surface area (Å²) in [6, 6.07) is 7.73. The Kier molecular flexibility index (Phi) is 4.17. The van der Waals surface area contributed by atoms with Crippen LogP contribution in [0.15, 0.2) is 36.5 Å². The van der Waals surface area contributed by atoms with Gasteiger partial charge < -0.3 is 10.1 Å². The standard InChI is InChI=1S/C19H15F4N5O2/c20-11-7-24-8-13(11)28-12-4-2-1-3-9(12)15(27-28)10-5-6-25-17-14(10)16(19(21,22)23)30-18(29)26-17/h1-6,11,13,16,24H,7-8H2,(H,25,26,29)/t11-,13-,16-/m1/s1. The molecule has 3 aromatic rings. The van der Waals surface area contributed by atoms with Crippen molar-refractivity contribution < 1.29 is 27.1 Å². The highest BCUT2D eigenvalue weighted by molar-refractivity contribution is 5.97. The molecule has 1 amide bonds. The lowest BCUT2D eigenvalue weighted by Crippen LogP contribution is -2.34. The Bertz CT molecular complexity index is 1150. The van der Waals surface area contributed by atoms with Crippen molar-refractivity contribution in [3.63, 3.8) is 0 Å². The van der Waals surface area contributed by atoms with E-state index in [9.17, 15) is 22.4 Å². The van der Waals surface area contributed by atoms with Gasteiger partial charge in [-0.25, -0.2) is 14.2 Å². The number of para-hydroxylation sites is 1. The second kappa shape index (κ2) is 6.66. The molecular formula is C19H15F4N5O2. The first-order chi connectivity index (χ1) is 14.3. The van der Waals surface area contributed by atoms with Gasteiger partial charge in [0.15, 0.2) is 0 Å². The highest BCUT2D eigenvalue weighted by atomic mass is 19.4. The monoisotopic (exact) mass is 421 g/mol. The van der Waals surface area contributed by atoms with Crippen LogP contribution in [0.25, 0.3) is 22.2 Å². The Labute approximate surface area is 167 Å². The number of hydrogen-bond donors (Lipinski definition) is 2. The van der Waals surface area contributed by atoms with Gasteiger partial charge in [0, 0.05) is 30.2 Å². The number of anilines is 1. The Morgan fingerprint density at radius 2 is 1.97 bits per heavy atom. The molecule has 0 spiro atoms. The third kappa shape index (κ3) is 2.88. The summed E-state index contributed by atoms with van der Waals surface area (Å²) in [5.41, 5.74) is 0.607. The fraction of sp³-hybridized carbons (Fsp3) is 0.316. The summed E-state index contributed by atoms with van der Waals surface area (Å²) in [4.78, 5) is 15.5. The number of alkyl halides is 4. The summed E-state index contributed by atoms with van der Waals surface area (Å²) >= 11 is 0. The molecule has 5 rings (SSSR count). The molecule has 7 nitrogen and oxygen atoms in total. The van der Waals surface area contributed by atoms with Crippen LogP contribution >= 0.6 is 0 Å². The quantitative estimate of drug-likeness (QED) is 0.616. The topological polar surface area (TPSA) is 81.1 Å². The number of carbonyl (C=O) groups excluding carboxylic acids is 1. The number of amides is 1. The first-order valence-corrected chi connectivity index (χ1v) is 9.20. The average molecular weight is 421 g/mol. The third-order valence-electron chi connectivity index (χ3n) is 5.29. The molecule has 0 bridgehead atoms. The number of pyridine rings is 1. The molecule has 2 N–H and O–H groups in total. The molecule has 0 unspecified atom stereocenters. The molecule has 30 heavy (non-hydrogen) atoms. The third-order valence-corrected chi connectivity index (χ3v) is 5.29. The van der Waals surface area contributed by atoms with E-state index >= 15 is 0 Å². The zero-order chi connectivity index (χ0) is 21.0. The van der Waals surface area contributed by atoms with Crippen molar-refractivity contribution >= 4 is 22.8 Å². The van der Waals surface area contributed by atoms with E-state index in [1.165, 1.54) is 16.9 Å². The van der Waals surface area contributed by atoms with E-state index in [0.29, 0.717) is 17.4 Å². The number of benzene rings is 1. The van der Waals surface area contributed by atoms with Crippen molar-refractivity contribution in [2.75, 3.05) is 18.4 Å². The van der Waals surface area contributed by atoms with Crippen molar-refractivity contribution in [1.29, 1.82) is 0 Å². The van der Waals surface area contributed by atoms with Gasteiger partial charge in [0.1, 0.15) is 17.7 Å². The van der Waals surface area contributed by atoms with Gasteiger partial charge >= 0.3 is 12.3 Å². The Morgan fingerprint density at radius 1 is 1.17 bits per heavy atom. The van der Waals surface area contributed by atoms with Gasteiger partial charge in [-0.3, -0.25) is 10.00 Å². The van der Waals surface area contributed by atoms with E-state index in [0.717, 1.165) is 0 Å². The van der Waals surface area contributed by atoms with Gasteiger partial charge in [0.05, 0.1) is 17.1 Å². The second-order valence-corrected chi connectivity index (χ2v) is 7.12. The normalized spacial score (nSPS) is 23.9. The molecule has 3 atom stereocenters. The SMILES string of the molecule is O=C1Nc2nccc(-c3nn([C@@H]4CNC[C@H]4F)c4ccccc34)c2[C@H](C(F)(F)F)O1. The summed E-state index contributed by atoms with van der Waals surface area (Å²) < 4.78 is 61.5. The summed E-state index contributed by atoms with van der Waals surface area (Å²) in [5, 5.41) is 10.2. The molecule has 2 aliphatic heterocycles. The zero-order valence-corrected chi connectivity index (χ0v) is 15.3. The Balaban J connectivity index is 1.75. The van der Waals surface area contributed by atoms with Crippen LogP contribution in [0.3, 0.4) is 0 Å². The number of aromatic nitrogens is 3. The van der Waals surface area contributed by atoms with Gasteiger partial charge in [-0.05, 0) is 12.1 Å². The molecule has 1 fully saturated rings. The minimum atomic E-state index is -4.85. The smallest absolute Gasteiger partial charge is 0.430 e. The number of nitrogens with one attached hydrogen (secondary N) is 2. The largest absolute Gasteiger partial charge is 0.431 e. The molecule has 4 heterocycles. The molecule has 156 valence electrons. The lowest BCUT2D eigenvalue weighted by Gasteiger charge is -2.28. The number of cyclic esters (lactones) is 1. The fourth-order valence-corrected chi connectivity index (χ4v) is 3.98. The van der Waals surface area contributed by atoms with Crippen molar-refractivity contribution in [2.45, 2.75) is 24.5 Å². The van der Waals surface area contributed by atoms with Crippen molar-refractivity contribution in [3.05, 3.63) is 42.1 Å². The van der Waals surface area contributed by atoms with Gasteiger partial charge in [0.2, 0.25) is 6.10 Å². The van der Waals surface area contributed by atoms with E-state index in [2.05, 4.69) is 25.5 Å². The number of hydrogen-bond acceptors (Lipinski definition) is 5. The number of rotatable bonds is 2. The van der Waals surface area contributed by atoms with Crippen LogP contribution in [0, 0.1) is 0 Å². The maximum absolute atomic E-state index is 14.4. The van der Waals surface area contributed by atoms with Crippen LogP contribution in [0.2, 0.25) is 0 Å². The minimum Gasteiger partial charge on any atom is -0.431 e. The van der Waals surface area contributed by atoms with Crippen LogP contribution in [-0.2, 0) is 4.74 Å². The van der Waals surface area contributed by atoms with E-state index in [1.807, 2.05) is 0 Å². The summed E-state index contributed by atoms with van der Waals surface area (Å²) in [7, 11) is 0. The first-order valence-electron chi connectivity index (χ1n) is 9.20. The highest BCUT2D eigenvalue weighted by Crippen LogP contribution is 2.46. The predicted molar refractivity (Wildman–Crippen MR) is 98.7 cm³/mol. The summed E-state index contributed by atoms with van der Waals surface area (Å²) in [6.45, 7) is 0.528. The van der Waals surface area contributed by atoms with E-state index < -0.39 is 30.6 Å². The molecule has 2 aliphatic rings. The van der Waals surface area contributed by atoms with Crippen LogP contribution in [0.4, 0.5) is 28.2 Å². The van der Waals surface area contributed by atoms with Gasteiger partial charge in [0.25, 0.3) is 0 Å². The van der Waals surface area contributed by atoms with E-state index in [-0.39, 0.29) is 29.2 Å². The van der Waals surface area contributed by atoms with E-state index in [4.69, 9.17) is 0 Å². The lowest BCUT2D eigenvalue weighted by atomic mass is 9.97.